The van der Waals surface area contributed by atoms with Crippen molar-refractivity contribution in [3.63, 3.8) is 0 Å². The van der Waals surface area contributed by atoms with Crippen LogP contribution >= 0.6 is 0 Å². The van der Waals surface area contributed by atoms with Gasteiger partial charge in [0.1, 0.15) is 5.75 Å². The van der Waals surface area contributed by atoms with E-state index in [1.54, 1.807) is 7.11 Å². The number of amides is 1. The minimum Gasteiger partial charge on any atom is -0.494 e. The predicted octanol–water partition coefficient (Wildman–Crippen LogP) is 2.52. The number of carbonyl (C=O) groups is 1. The maximum atomic E-state index is 12.1. The monoisotopic (exact) mass is 265 g/mol. The molecule has 1 amide bonds. The van der Waals surface area contributed by atoms with Crippen LogP contribution in [0.2, 0.25) is 0 Å². The first-order valence-electron chi connectivity index (χ1n) is 6.47. The number of hydrogen-bond acceptors (Lipinski definition) is 3. The fraction of sp³-hybridized carbons (Fsp3) is 0.533. The highest BCUT2D eigenvalue weighted by Crippen LogP contribution is 2.30. The third kappa shape index (κ3) is 3.70. The number of carbonyl (C=O) groups excluding carboxylic acids is 1. The normalized spacial score (nSPS) is 12.4. The lowest BCUT2D eigenvalue weighted by Gasteiger charge is -2.19. The van der Waals surface area contributed by atoms with Gasteiger partial charge in [-0.3, -0.25) is 4.79 Å². The smallest absolute Gasteiger partial charge is 0.230 e. The second-order valence-corrected chi connectivity index (χ2v) is 5.18. The number of aliphatic hydroxyl groups excluding tert-OH is 1. The zero-order valence-electron chi connectivity index (χ0n) is 12.3. The number of nitrogens with one attached hydrogen (secondary N) is 1. The van der Waals surface area contributed by atoms with E-state index in [9.17, 15) is 9.90 Å². The Balaban J connectivity index is 3.02. The lowest BCUT2D eigenvalue weighted by molar-refractivity contribution is -0.122. The maximum absolute atomic E-state index is 12.1. The van der Waals surface area contributed by atoms with Gasteiger partial charge in [-0.05, 0) is 37.0 Å². The highest BCUT2D eigenvalue weighted by atomic mass is 16.5. The molecule has 1 aromatic rings. The summed E-state index contributed by atoms with van der Waals surface area (Å²) in [6, 6.07) is 3.87. The van der Waals surface area contributed by atoms with E-state index in [0.29, 0.717) is 11.4 Å². The van der Waals surface area contributed by atoms with Gasteiger partial charge in [0.05, 0.1) is 25.3 Å². The van der Waals surface area contributed by atoms with E-state index in [0.717, 1.165) is 11.1 Å². The van der Waals surface area contributed by atoms with Crippen molar-refractivity contribution < 1.29 is 14.6 Å². The Morgan fingerprint density at radius 3 is 2.47 bits per heavy atom. The molecular weight excluding hydrogens is 242 g/mol. The number of rotatable bonds is 5. The molecule has 19 heavy (non-hydrogen) atoms. The van der Waals surface area contributed by atoms with Gasteiger partial charge in [-0.15, -0.1) is 0 Å². The molecule has 106 valence electrons. The van der Waals surface area contributed by atoms with Crippen molar-refractivity contribution in [1.82, 2.24) is 0 Å². The second-order valence-electron chi connectivity index (χ2n) is 5.18. The fourth-order valence-corrected chi connectivity index (χ4v) is 2.14. The molecule has 4 heteroatoms. The van der Waals surface area contributed by atoms with Crippen molar-refractivity contribution in [1.29, 1.82) is 0 Å². The summed E-state index contributed by atoms with van der Waals surface area (Å²) < 4.78 is 5.33. The molecule has 4 nitrogen and oxygen atoms in total. The molecule has 1 atom stereocenters. The molecule has 2 N–H and O–H groups in total. The minimum absolute atomic E-state index is 0.0851. The first kappa shape index (κ1) is 15.5. The van der Waals surface area contributed by atoms with Crippen LogP contribution in [0.3, 0.4) is 0 Å². The Bertz CT molecular complexity index is 455. The maximum Gasteiger partial charge on any atom is 0.230 e. The van der Waals surface area contributed by atoms with Gasteiger partial charge in [-0.2, -0.15) is 0 Å². The molecule has 0 aliphatic heterocycles. The van der Waals surface area contributed by atoms with E-state index in [2.05, 4.69) is 5.32 Å². The van der Waals surface area contributed by atoms with Crippen LogP contribution in [0, 0.1) is 25.7 Å². The predicted molar refractivity (Wildman–Crippen MR) is 76.5 cm³/mol. The largest absolute Gasteiger partial charge is 0.494 e. The first-order valence-corrected chi connectivity index (χ1v) is 6.47. The van der Waals surface area contributed by atoms with Crippen LogP contribution in [0.15, 0.2) is 12.1 Å². The van der Waals surface area contributed by atoms with Gasteiger partial charge in [0, 0.05) is 0 Å². The van der Waals surface area contributed by atoms with Gasteiger partial charge in [-0.1, -0.05) is 19.9 Å². The van der Waals surface area contributed by atoms with Crippen molar-refractivity contribution in [3.8, 4) is 5.75 Å². The van der Waals surface area contributed by atoms with Gasteiger partial charge in [0.15, 0.2) is 0 Å². The molecule has 0 radical (unpaired) electrons. The molecule has 0 aromatic heterocycles. The lowest BCUT2D eigenvalue weighted by atomic mass is 9.95. The van der Waals surface area contributed by atoms with Gasteiger partial charge < -0.3 is 15.2 Å². The quantitative estimate of drug-likeness (QED) is 0.860. The topological polar surface area (TPSA) is 58.6 Å². The van der Waals surface area contributed by atoms with Gasteiger partial charge in [-0.25, -0.2) is 0 Å². The van der Waals surface area contributed by atoms with E-state index >= 15 is 0 Å². The van der Waals surface area contributed by atoms with Crippen LogP contribution in [0.1, 0.15) is 25.0 Å². The number of aryl methyl sites for hydroxylation is 2. The summed E-state index contributed by atoms with van der Waals surface area (Å²) in [5.74, 6) is 0.160. The van der Waals surface area contributed by atoms with Crippen LogP contribution in [-0.4, -0.2) is 24.7 Å². The molecule has 0 aliphatic rings. The van der Waals surface area contributed by atoms with Crippen LogP contribution in [-0.2, 0) is 4.79 Å². The summed E-state index contributed by atoms with van der Waals surface area (Å²) in [4.78, 5) is 12.1. The molecule has 1 rings (SSSR count). The number of aliphatic hydroxyl groups is 1. The highest BCUT2D eigenvalue weighted by molar-refractivity contribution is 5.94. The van der Waals surface area contributed by atoms with Crippen molar-refractivity contribution in [3.05, 3.63) is 23.3 Å². The van der Waals surface area contributed by atoms with Crippen molar-refractivity contribution >= 4 is 11.6 Å². The van der Waals surface area contributed by atoms with Crippen molar-refractivity contribution in [2.24, 2.45) is 11.8 Å². The summed E-state index contributed by atoms with van der Waals surface area (Å²) in [6.45, 7) is 7.58. The first-order chi connectivity index (χ1) is 8.90. The third-order valence-corrected chi connectivity index (χ3v) is 3.22. The molecule has 0 saturated carbocycles. The molecule has 0 heterocycles. The number of hydrogen-bond donors (Lipinski definition) is 2. The van der Waals surface area contributed by atoms with E-state index in [-0.39, 0.29) is 18.4 Å². The Hall–Kier alpha value is -1.55. The summed E-state index contributed by atoms with van der Waals surface area (Å²) in [6.07, 6.45) is 0. The number of anilines is 1. The number of methoxy groups -OCH3 is 1. The fourth-order valence-electron chi connectivity index (χ4n) is 2.14. The molecule has 0 bridgehead atoms. The number of ether oxygens (including phenoxy) is 1. The van der Waals surface area contributed by atoms with Gasteiger partial charge >= 0.3 is 0 Å². The average molecular weight is 265 g/mol. The van der Waals surface area contributed by atoms with E-state index in [1.807, 2.05) is 39.8 Å². The average Bonchev–Trinajstić information content (AvgIpc) is 2.28. The second kappa shape index (κ2) is 6.57. The van der Waals surface area contributed by atoms with E-state index in [4.69, 9.17) is 4.74 Å². The Morgan fingerprint density at radius 1 is 1.37 bits per heavy atom. The van der Waals surface area contributed by atoms with E-state index in [1.165, 1.54) is 0 Å². The third-order valence-electron chi connectivity index (χ3n) is 3.22. The standard InChI is InChI=1S/C15H23NO3/c1-9(2)12(8-17)15(18)16-13-7-10(3)6-11(4)14(13)19-5/h6-7,9,12,17H,8H2,1-5H3,(H,16,18). The summed E-state index contributed by atoms with van der Waals surface area (Å²) in [5, 5.41) is 12.1. The summed E-state index contributed by atoms with van der Waals surface area (Å²) >= 11 is 0. The Labute approximate surface area is 114 Å². The zero-order valence-corrected chi connectivity index (χ0v) is 12.3. The van der Waals surface area contributed by atoms with E-state index < -0.39 is 5.92 Å². The van der Waals surface area contributed by atoms with Gasteiger partial charge in [0.25, 0.3) is 0 Å². The van der Waals surface area contributed by atoms with Crippen LogP contribution in [0.5, 0.6) is 5.75 Å². The molecule has 1 aromatic carbocycles. The molecule has 0 aliphatic carbocycles. The summed E-state index contributed by atoms with van der Waals surface area (Å²) in [5.41, 5.74) is 2.69. The molecule has 0 saturated heterocycles. The Kier molecular flexibility index (Phi) is 5.36. The number of benzene rings is 1. The molecular formula is C15H23NO3. The lowest BCUT2D eigenvalue weighted by Crippen LogP contribution is -2.30. The van der Waals surface area contributed by atoms with Crippen LogP contribution in [0.25, 0.3) is 0 Å². The molecule has 1 unspecified atom stereocenters. The Morgan fingerprint density at radius 2 is 2.00 bits per heavy atom. The molecule has 0 fully saturated rings. The van der Waals surface area contributed by atoms with Crippen LogP contribution < -0.4 is 10.1 Å². The van der Waals surface area contributed by atoms with Crippen molar-refractivity contribution in [2.45, 2.75) is 27.7 Å². The van der Waals surface area contributed by atoms with Crippen LogP contribution in [0.4, 0.5) is 5.69 Å². The zero-order chi connectivity index (χ0) is 14.6. The minimum atomic E-state index is -0.412. The SMILES string of the molecule is COc1c(C)cc(C)cc1NC(=O)C(CO)C(C)C. The van der Waals surface area contributed by atoms with Gasteiger partial charge in [0.2, 0.25) is 5.91 Å². The molecule has 0 spiro atoms. The van der Waals surface area contributed by atoms with Crippen molar-refractivity contribution in [2.75, 3.05) is 19.0 Å². The highest BCUT2D eigenvalue weighted by Gasteiger charge is 2.22. The summed E-state index contributed by atoms with van der Waals surface area (Å²) in [7, 11) is 1.58.